The maximum Gasteiger partial charge on any atom is 0.132 e. The molecule has 19 heavy (non-hydrogen) atoms. The lowest BCUT2D eigenvalue weighted by Gasteiger charge is -2.34. The summed E-state index contributed by atoms with van der Waals surface area (Å²) in [6, 6.07) is 11.4. The van der Waals surface area contributed by atoms with Crippen molar-refractivity contribution in [1.82, 2.24) is 0 Å². The van der Waals surface area contributed by atoms with Gasteiger partial charge in [-0.1, -0.05) is 30.3 Å². The number of benzene rings is 2. The molecule has 1 aliphatic rings. The van der Waals surface area contributed by atoms with Gasteiger partial charge < -0.3 is 5.11 Å². The van der Waals surface area contributed by atoms with Crippen molar-refractivity contribution in [3.05, 3.63) is 70.8 Å². The van der Waals surface area contributed by atoms with Crippen molar-refractivity contribution in [2.45, 2.75) is 24.9 Å². The molecule has 0 bridgehead atoms. The van der Waals surface area contributed by atoms with Crippen molar-refractivity contribution in [3.63, 3.8) is 0 Å². The average molecular weight is 260 g/mol. The zero-order valence-corrected chi connectivity index (χ0v) is 10.4. The normalized spacial score (nSPS) is 22.1. The van der Waals surface area contributed by atoms with E-state index in [4.69, 9.17) is 0 Å². The number of hydrogen-bond acceptors (Lipinski definition) is 1. The Morgan fingerprint density at radius 2 is 1.53 bits per heavy atom. The molecule has 2 aromatic rings. The first kappa shape index (κ1) is 12.3. The summed E-state index contributed by atoms with van der Waals surface area (Å²) in [5.74, 6) is -1.36. The van der Waals surface area contributed by atoms with Gasteiger partial charge in [-0.2, -0.15) is 0 Å². The first-order valence-corrected chi connectivity index (χ1v) is 6.34. The van der Waals surface area contributed by atoms with Crippen molar-refractivity contribution in [2.24, 2.45) is 0 Å². The zero-order chi connectivity index (χ0) is 13.5. The third kappa shape index (κ3) is 2.04. The van der Waals surface area contributed by atoms with Crippen molar-refractivity contribution < 1.29 is 13.9 Å². The Kier molecular flexibility index (Phi) is 2.86. The molecule has 0 spiro atoms. The van der Waals surface area contributed by atoms with Crippen LogP contribution < -0.4 is 0 Å². The van der Waals surface area contributed by atoms with Gasteiger partial charge in [-0.15, -0.1) is 0 Å². The third-order valence-electron chi connectivity index (χ3n) is 3.84. The van der Waals surface area contributed by atoms with Crippen molar-refractivity contribution in [1.29, 1.82) is 0 Å². The molecular formula is C16H14F2O. The molecule has 0 amide bonds. The summed E-state index contributed by atoms with van der Waals surface area (Å²) < 4.78 is 27.7. The first-order valence-electron chi connectivity index (χ1n) is 6.34. The minimum atomic E-state index is -1.45. The molecule has 98 valence electrons. The molecule has 3 rings (SSSR count). The lowest BCUT2D eigenvalue weighted by Crippen LogP contribution is -2.35. The van der Waals surface area contributed by atoms with Crippen LogP contribution in [0.3, 0.4) is 0 Å². The number of aryl methyl sites for hydroxylation is 1. The minimum absolute atomic E-state index is 0.204. The molecule has 1 nitrogen and oxygen atoms in total. The molecule has 1 atom stereocenters. The Morgan fingerprint density at radius 3 is 2.21 bits per heavy atom. The maximum absolute atomic E-state index is 13.9. The highest BCUT2D eigenvalue weighted by atomic mass is 19.1. The number of fused-ring (bicyclic) bond motifs is 1. The van der Waals surface area contributed by atoms with Crippen LogP contribution in [-0.4, -0.2) is 5.11 Å². The fraction of sp³-hybridized carbons (Fsp3) is 0.250. The number of hydrogen-bond donors (Lipinski definition) is 1. The minimum Gasteiger partial charge on any atom is -0.385 e. The van der Waals surface area contributed by atoms with E-state index in [0.717, 1.165) is 11.1 Å². The van der Waals surface area contributed by atoms with E-state index in [1.165, 1.54) is 18.2 Å². The second-order valence-corrected chi connectivity index (χ2v) is 5.07. The summed E-state index contributed by atoms with van der Waals surface area (Å²) in [7, 11) is 0. The van der Waals surface area contributed by atoms with E-state index in [-0.39, 0.29) is 12.0 Å². The molecule has 1 unspecified atom stereocenters. The smallest absolute Gasteiger partial charge is 0.132 e. The van der Waals surface area contributed by atoms with Crippen LogP contribution in [0.5, 0.6) is 0 Å². The fourth-order valence-electron chi connectivity index (χ4n) is 2.87. The molecule has 0 saturated heterocycles. The van der Waals surface area contributed by atoms with Gasteiger partial charge in [0.15, 0.2) is 0 Å². The van der Waals surface area contributed by atoms with Crippen molar-refractivity contribution in [3.8, 4) is 0 Å². The van der Waals surface area contributed by atoms with Crippen LogP contribution in [0, 0.1) is 11.6 Å². The number of halogens is 2. The van der Waals surface area contributed by atoms with E-state index >= 15 is 0 Å². The quantitative estimate of drug-likeness (QED) is 0.833. The molecule has 1 N–H and O–H groups in total. The average Bonchev–Trinajstić information content (AvgIpc) is 2.38. The highest BCUT2D eigenvalue weighted by Gasteiger charge is 2.38. The summed E-state index contributed by atoms with van der Waals surface area (Å²) in [4.78, 5) is 0. The second-order valence-electron chi connectivity index (χ2n) is 5.07. The second kappa shape index (κ2) is 4.42. The Bertz CT molecular complexity index is 604. The summed E-state index contributed by atoms with van der Waals surface area (Å²) >= 11 is 0. The molecular weight excluding hydrogens is 246 g/mol. The topological polar surface area (TPSA) is 20.2 Å². The van der Waals surface area contributed by atoms with E-state index in [1.807, 2.05) is 24.3 Å². The lowest BCUT2D eigenvalue weighted by molar-refractivity contribution is 0.0152. The van der Waals surface area contributed by atoms with Crippen LogP contribution in [0.1, 0.15) is 23.1 Å². The van der Waals surface area contributed by atoms with Gasteiger partial charge in [-0.3, -0.25) is 0 Å². The van der Waals surface area contributed by atoms with Crippen LogP contribution in [-0.2, 0) is 18.4 Å². The molecule has 0 saturated carbocycles. The Balaban J connectivity index is 2.07. The Morgan fingerprint density at radius 1 is 0.895 bits per heavy atom. The first-order chi connectivity index (χ1) is 9.10. The van der Waals surface area contributed by atoms with Gasteiger partial charge >= 0.3 is 0 Å². The monoisotopic (exact) mass is 260 g/mol. The predicted molar refractivity (Wildman–Crippen MR) is 68.7 cm³/mol. The SMILES string of the molecule is OC1(c2c(F)cccc2F)CCc2ccccc2C1. The molecule has 0 aromatic heterocycles. The predicted octanol–water partition coefficient (Wildman–Crippen LogP) is 3.34. The van der Waals surface area contributed by atoms with Crippen molar-refractivity contribution >= 4 is 0 Å². The lowest BCUT2D eigenvalue weighted by atomic mass is 9.76. The van der Waals surface area contributed by atoms with Crippen molar-refractivity contribution in [2.75, 3.05) is 0 Å². The summed E-state index contributed by atoms with van der Waals surface area (Å²) in [5.41, 5.74) is 0.441. The summed E-state index contributed by atoms with van der Waals surface area (Å²) in [5, 5.41) is 10.7. The number of rotatable bonds is 1. The molecule has 3 heteroatoms. The van der Waals surface area contributed by atoms with E-state index in [1.54, 1.807) is 0 Å². The molecule has 2 aromatic carbocycles. The largest absolute Gasteiger partial charge is 0.385 e. The molecule has 0 radical (unpaired) electrons. The van der Waals surface area contributed by atoms with E-state index < -0.39 is 17.2 Å². The van der Waals surface area contributed by atoms with E-state index in [9.17, 15) is 13.9 Å². The highest BCUT2D eigenvalue weighted by molar-refractivity contribution is 5.36. The van der Waals surface area contributed by atoms with Gasteiger partial charge in [0.05, 0.1) is 11.2 Å². The van der Waals surface area contributed by atoms with Crippen LogP contribution in [0.25, 0.3) is 0 Å². The van der Waals surface area contributed by atoms with Gasteiger partial charge in [0, 0.05) is 6.42 Å². The molecule has 1 aliphatic carbocycles. The molecule has 0 aliphatic heterocycles. The van der Waals surface area contributed by atoms with Crippen LogP contribution in [0.15, 0.2) is 42.5 Å². The molecule has 0 heterocycles. The summed E-state index contributed by atoms with van der Waals surface area (Å²) in [6.07, 6.45) is 1.21. The molecule has 0 fully saturated rings. The van der Waals surface area contributed by atoms with Crippen LogP contribution in [0.4, 0.5) is 8.78 Å². The summed E-state index contributed by atoms with van der Waals surface area (Å²) in [6.45, 7) is 0. The van der Waals surface area contributed by atoms with Gasteiger partial charge in [-0.25, -0.2) is 8.78 Å². The zero-order valence-electron chi connectivity index (χ0n) is 10.4. The van der Waals surface area contributed by atoms with E-state index in [2.05, 4.69) is 0 Å². The van der Waals surface area contributed by atoms with Gasteiger partial charge in [0.25, 0.3) is 0 Å². The highest BCUT2D eigenvalue weighted by Crippen LogP contribution is 2.38. The third-order valence-corrected chi connectivity index (χ3v) is 3.84. The standard InChI is InChI=1S/C16H14F2O/c17-13-6-3-7-14(18)15(13)16(19)9-8-11-4-1-2-5-12(11)10-16/h1-7,19H,8-10H2. The van der Waals surface area contributed by atoms with E-state index in [0.29, 0.717) is 12.8 Å². The van der Waals surface area contributed by atoms with Gasteiger partial charge in [-0.05, 0) is 36.1 Å². The van der Waals surface area contributed by atoms with Crippen LogP contribution >= 0.6 is 0 Å². The van der Waals surface area contributed by atoms with Gasteiger partial charge in [0.1, 0.15) is 11.6 Å². The Hall–Kier alpha value is -1.74. The number of aliphatic hydroxyl groups is 1. The maximum atomic E-state index is 13.9. The fourth-order valence-corrected chi connectivity index (χ4v) is 2.87. The Labute approximate surface area is 110 Å². The van der Waals surface area contributed by atoms with Gasteiger partial charge in [0.2, 0.25) is 0 Å². The van der Waals surface area contributed by atoms with Crippen LogP contribution in [0.2, 0.25) is 0 Å².